The summed E-state index contributed by atoms with van der Waals surface area (Å²) < 4.78 is 0. The van der Waals surface area contributed by atoms with Crippen molar-refractivity contribution in [1.82, 2.24) is 0 Å². The van der Waals surface area contributed by atoms with Gasteiger partial charge in [-0.25, -0.2) is 0 Å². The van der Waals surface area contributed by atoms with Crippen LogP contribution in [-0.2, 0) is 0 Å². The first-order valence-corrected chi connectivity index (χ1v) is 5.41. The molecule has 0 aliphatic rings. The Labute approximate surface area is 87.9 Å². The molecule has 0 bridgehead atoms. The molecule has 0 rings (SSSR count). The van der Waals surface area contributed by atoms with Crippen molar-refractivity contribution in [2.24, 2.45) is 0 Å². The molecule has 0 fully saturated rings. The quantitative estimate of drug-likeness (QED) is 0.507. The van der Waals surface area contributed by atoms with Crippen LogP contribution in [0.5, 0.6) is 0 Å². The van der Waals surface area contributed by atoms with E-state index in [1.807, 2.05) is 0 Å². The molecular formula is C13H20O. The number of unbranched alkanes of at least 4 members (excludes halogenated alkanes) is 4. The fourth-order valence-electron chi connectivity index (χ4n) is 1.13. The van der Waals surface area contributed by atoms with Crippen LogP contribution in [0.15, 0.2) is 0 Å². The van der Waals surface area contributed by atoms with Crippen LogP contribution < -0.4 is 0 Å². The maximum Gasteiger partial charge on any atom is 0.114 e. The Balaban J connectivity index is 3.40. The molecule has 0 heterocycles. The van der Waals surface area contributed by atoms with Gasteiger partial charge in [0.1, 0.15) is 6.10 Å². The van der Waals surface area contributed by atoms with Gasteiger partial charge < -0.3 is 5.11 Å². The molecule has 0 saturated heterocycles. The van der Waals surface area contributed by atoms with Crippen molar-refractivity contribution in [3.8, 4) is 24.2 Å². The molecule has 1 heteroatoms. The third kappa shape index (κ3) is 9.17. The van der Waals surface area contributed by atoms with Gasteiger partial charge in [-0.1, -0.05) is 25.7 Å². The van der Waals surface area contributed by atoms with Gasteiger partial charge in [-0.2, -0.15) is 0 Å². The number of aliphatic hydroxyl groups is 1. The van der Waals surface area contributed by atoms with Crippen LogP contribution >= 0.6 is 0 Å². The average Bonchev–Trinajstić information content (AvgIpc) is 2.18. The topological polar surface area (TPSA) is 20.2 Å². The molecule has 0 aliphatic carbocycles. The molecule has 0 amide bonds. The van der Waals surface area contributed by atoms with Crippen LogP contribution in [0.1, 0.15) is 51.9 Å². The molecule has 0 aromatic rings. The number of hydrogen-bond donors (Lipinski definition) is 1. The molecule has 1 N–H and O–H groups in total. The van der Waals surface area contributed by atoms with E-state index in [2.05, 4.69) is 24.7 Å². The number of hydrogen-bond acceptors (Lipinski definition) is 1. The summed E-state index contributed by atoms with van der Waals surface area (Å²) in [6.45, 7) is 2.15. The van der Waals surface area contributed by atoms with Crippen molar-refractivity contribution < 1.29 is 5.11 Å². The Hall–Kier alpha value is -0.920. The van der Waals surface area contributed by atoms with Crippen molar-refractivity contribution in [3.05, 3.63) is 0 Å². The maximum atomic E-state index is 9.42. The molecule has 0 radical (unpaired) electrons. The van der Waals surface area contributed by atoms with Crippen molar-refractivity contribution in [1.29, 1.82) is 0 Å². The van der Waals surface area contributed by atoms with Gasteiger partial charge >= 0.3 is 0 Å². The second-order valence-electron chi connectivity index (χ2n) is 3.39. The Bertz CT molecular complexity index is 214. The molecule has 0 spiro atoms. The third-order valence-corrected chi connectivity index (χ3v) is 1.97. The zero-order valence-electron chi connectivity index (χ0n) is 9.05. The van der Waals surface area contributed by atoms with Crippen LogP contribution in [-0.4, -0.2) is 11.2 Å². The lowest BCUT2D eigenvalue weighted by Gasteiger charge is -2.00. The zero-order chi connectivity index (χ0) is 10.6. The van der Waals surface area contributed by atoms with Crippen LogP contribution in [0, 0.1) is 24.2 Å². The Morgan fingerprint density at radius 1 is 1.21 bits per heavy atom. The molecule has 0 aliphatic heterocycles. The van der Waals surface area contributed by atoms with Crippen LogP contribution in [0.2, 0.25) is 0 Å². The lowest BCUT2D eigenvalue weighted by molar-refractivity contribution is 0.217. The van der Waals surface area contributed by atoms with E-state index < -0.39 is 6.10 Å². The van der Waals surface area contributed by atoms with Gasteiger partial charge in [0, 0.05) is 12.8 Å². The lowest BCUT2D eigenvalue weighted by atomic mass is 10.1. The van der Waals surface area contributed by atoms with E-state index in [0.717, 1.165) is 32.1 Å². The summed E-state index contributed by atoms with van der Waals surface area (Å²) in [7, 11) is 0. The highest BCUT2D eigenvalue weighted by molar-refractivity contribution is 5.04. The summed E-state index contributed by atoms with van der Waals surface area (Å²) in [6, 6.07) is 0. The predicted molar refractivity (Wildman–Crippen MR) is 60.6 cm³/mol. The molecule has 0 aromatic heterocycles. The minimum Gasteiger partial charge on any atom is -0.380 e. The summed E-state index contributed by atoms with van der Waals surface area (Å²) in [5.41, 5.74) is 0. The summed E-state index contributed by atoms with van der Waals surface area (Å²) in [5.74, 6) is 8.36. The monoisotopic (exact) mass is 192 g/mol. The number of aliphatic hydroxyl groups excluding tert-OH is 1. The van der Waals surface area contributed by atoms with E-state index in [9.17, 15) is 5.11 Å². The van der Waals surface area contributed by atoms with Crippen molar-refractivity contribution in [3.63, 3.8) is 0 Å². The molecule has 78 valence electrons. The third-order valence-electron chi connectivity index (χ3n) is 1.97. The fraction of sp³-hybridized carbons (Fsp3) is 0.692. The van der Waals surface area contributed by atoms with Gasteiger partial charge in [0.15, 0.2) is 0 Å². The normalized spacial score (nSPS) is 11.2. The molecule has 14 heavy (non-hydrogen) atoms. The Morgan fingerprint density at radius 2 is 2.00 bits per heavy atom. The van der Waals surface area contributed by atoms with E-state index in [1.54, 1.807) is 0 Å². The first kappa shape index (κ1) is 13.1. The van der Waals surface area contributed by atoms with E-state index in [4.69, 9.17) is 6.42 Å². The molecule has 0 aromatic carbocycles. The predicted octanol–water partition coefficient (Wildman–Crippen LogP) is 2.73. The first-order valence-electron chi connectivity index (χ1n) is 5.41. The first-order chi connectivity index (χ1) is 6.81. The van der Waals surface area contributed by atoms with Gasteiger partial charge in [0.25, 0.3) is 0 Å². The van der Waals surface area contributed by atoms with Crippen molar-refractivity contribution >= 4 is 0 Å². The highest BCUT2D eigenvalue weighted by Gasteiger charge is 1.96. The highest BCUT2D eigenvalue weighted by Crippen LogP contribution is 2.02. The van der Waals surface area contributed by atoms with Crippen LogP contribution in [0.4, 0.5) is 0 Å². The second-order valence-corrected chi connectivity index (χ2v) is 3.39. The fourth-order valence-corrected chi connectivity index (χ4v) is 1.13. The Kier molecular flexibility index (Phi) is 9.49. The SMILES string of the molecule is C#CCCCC#CC(O)CCCCC. The van der Waals surface area contributed by atoms with Gasteiger partial charge in [-0.3, -0.25) is 0 Å². The van der Waals surface area contributed by atoms with Crippen LogP contribution in [0.25, 0.3) is 0 Å². The van der Waals surface area contributed by atoms with E-state index >= 15 is 0 Å². The summed E-state index contributed by atoms with van der Waals surface area (Å²) in [4.78, 5) is 0. The smallest absolute Gasteiger partial charge is 0.114 e. The molecule has 0 saturated carbocycles. The zero-order valence-corrected chi connectivity index (χ0v) is 9.05. The summed E-state index contributed by atoms with van der Waals surface area (Å²) in [6.07, 6.45) is 11.4. The van der Waals surface area contributed by atoms with E-state index in [-0.39, 0.29) is 0 Å². The van der Waals surface area contributed by atoms with Gasteiger partial charge in [0.2, 0.25) is 0 Å². The largest absolute Gasteiger partial charge is 0.380 e. The molecule has 1 unspecified atom stereocenters. The lowest BCUT2D eigenvalue weighted by Crippen LogP contribution is -2.01. The highest BCUT2D eigenvalue weighted by atomic mass is 16.3. The van der Waals surface area contributed by atoms with E-state index in [0.29, 0.717) is 0 Å². The number of terminal acetylenes is 1. The Morgan fingerprint density at radius 3 is 2.64 bits per heavy atom. The minimum atomic E-state index is -0.438. The maximum absolute atomic E-state index is 9.42. The standard InChI is InChI=1S/C13H20O/c1-3-5-7-8-10-12-13(14)11-9-6-4-2/h1,13-14H,4-9,11H2,2H3. The summed E-state index contributed by atoms with van der Waals surface area (Å²) in [5, 5.41) is 9.42. The molecular weight excluding hydrogens is 172 g/mol. The van der Waals surface area contributed by atoms with Crippen molar-refractivity contribution in [2.75, 3.05) is 0 Å². The van der Waals surface area contributed by atoms with E-state index in [1.165, 1.54) is 12.8 Å². The van der Waals surface area contributed by atoms with Gasteiger partial charge in [-0.15, -0.1) is 18.3 Å². The second kappa shape index (κ2) is 10.2. The van der Waals surface area contributed by atoms with Gasteiger partial charge in [-0.05, 0) is 19.3 Å². The molecule has 1 nitrogen and oxygen atoms in total. The summed E-state index contributed by atoms with van der Waals surface area (Å²) >= 11 is 0. The van der Waals surface area contributed by atoms with Gasteiger partial charge in [0.05, 0.1) is 0 Å². The number of rotatable bonds is 6. The van der Waals surface area contributed by atoms with Crippen molar-refractivity contribution in [2.45, 2.75) is 58.0 Å². The van der Waals surface area contributed by atoms with Crippen LogP contribution in [0.3, 0.4) is 0 Å². The average molecular weight is 192 g/mol. The molecule has 1 atom stereocenters. The minimum absolute atomic E-state index is 0.438.